The van der Waals surface area contributed by atoms with Crippen molar-refractivity contribution in [3.63, 3.8) is 0 Å². The van der Waals surface area contributed by atoms with Crippen LogP contribution in [0.25, 0.3) is 11.3 Å². The molecule has 0 atom stereocenters. The number of H-pyrrole nitrogens is 1. The maximum absolute atomic E-state index is 11.5. The van der Waals surface area contributed by atoms with Crippen LogP contribution < -0.4 is 10.3 Å². The largest absolute Gasteiger partial charge is 0.462 e. The first-order valence-corrected chi connectivity index (χ1v) is 4.83. The van der Waals surface area contributed by atoms with Crippen LogP contribution in [-0.4, -0.2) is 16.9 Å². The second-order valence-electron chi connectivity index (χ2n) is 3.20. The van der Waals surface area contributed by atoms with Gasteiger partial charge >= 0.3 is 0 Å². The highest BCUT2D eigenvalue weighted by molar-refractivity contribution is 5.58. The van der Waals surface area contributed by atoms with Gasteiger partial charge in [-0.15, -0.1) is 0 Å². The number of hydrogen-bond donors (Lipinski definition) is 2. The fourth-order valence-corrected chi connectivity index (χ4v) is 1.43. The number of benzene rings is 1. The lowest BCUT2D eigenvalue weighted by atomic mass is 10.1. The van der Waals surface area contributed by atoms with Crippen molar-refractivity contribution in [2.24, 2.45) is 0 Å². The van der Waals surface area contributed by atoms with Gasteiger partial charge < -0.3 is 14.8 Å². The van der Waals surface area contributed by atoms with Gasteiger partial charge in [-0.25, -0.2) is 0 Å². The molecule has 0 fully saturated rings. The molecule has 0 amide bonds. The molecule has 4 nitrogen and oxygen atoms in total. The average molecular weight is 217 g/mol. The Balaban J connectivity index is 2.39. The maximum Gasteiger partial charge on any atom is 0.290 e. The fraction of sp³-hybridized carbons (Fsp3) is 0.0833. The molecule has 1 aromatic heterocycles. The van der Waals surface area contributed by atoms with Gasteiger partial charge in [0.15, 0.2) is 12.5 Å². The highest BCUT2D eigenvalue weighted by Crippen LogP contribution is 2.16. The standard InChI is InChI=1S/C12H11NO3/c14-8-16-11-7-6-10(13-12(11)15)9-4-2-1-3-5-9/h1-7,14H,8H2,(H,13,15). The zero-order valence-electron chi connectivity index (χ0n) is 8.51. The quantitative estimate of drug-likeness (QED) is 0.763. The molecule has 4 heteroatoms. The lowest BCUT2D eigenvalue weighted by molar-refractivity contribution is 0.0970. The average Bonchev–Trinajstić information content (AvgIpc) is 2.33. The number of aliphatic hydroxyl groups excluding tert-OH is 1. The zero-order chi connectivity index (χ0) is 11.4. The van der Waals surface area contributed by atoms with Crippen molar-refractivity contribution < 1.29 is 9.84 Å². The van der Waals surface area contributed by atoms with Crippen molar-refractivity contribution in [1.82, 2.24) is 4.98 Å². The normalized spacial score (nSPS) is 10.1. The van der Waals surface area contributed by atoms with Crippen LogP contribution >= 0.6 is 0 Å². The Morgan fingerprint density at radius 1 is 1.12 bits per heavy atom. The summed E-state index contributed by atoms with van der Waals surface area (Å²) >= 11 is 0. The molecule has 0 saturated heterocycles. The lowest BCUT2D eigenvalue weighted by Gasteiger charge is -2.04. The Morgan fingerprint density at radius 2 is 1.88 bits per heavy atom. The van der Waals surface area contributed by atoms with E-state index < -0.39 is 6.79 Å². The molecule has 0 spiro atoms. The summed E-state index contributed by atoms with van der Waals surface area (Å²) in [5.74, 6) is 0.113. The van der Waals surface area contributed by atoms with Crippen molar-refractivity contribution in [3.8, 4) is 17.0 Å². The topological polar surface area (TPSA) is 62.3 Å². The molecular formula is C12H11NO3. The minimum absolute atomic E-state index is 0.113. The summed E-state index contributed by atoms with van der Waals surface area (Å²) in [6.45, 7) is -0.506. The fourth-order valence-electron chi connectivity index (χ4n) is 1.43. The van der Waals surface area contributed by atoms with Crippen LogP contribution in [0.3, 0.4) is 0 Å². The summed E-state index contributed by atoms with van der Waals surface area (Å²) in [6.07, 6.45) is 0. The molecule has 0 radical (unpaired) electrons. The van der Waals surface area contributed by atoms with Gasteiger partial charge in [0.05, 0.1) is 0 Å². The van der Waals surface area contributed by atoms with E-state index in [0.717, 1.165) is 11.3 Å². The number of aliphatic hydroxyl groups is 1. The van der Waals surface area contributed by atoms with E-state index in [0.29, 0.717) is 0 Å². The second kappa shape index (κ2) is 4.63. The summed E-state index contributed by atoms with van der Waals surface area (Å²) in [6, 6.07) is 12.8. The van der Waals surface area contributed by atoms with Gasteiger partial charge in [-0.1, -0.05) is 30.3 Å². The molecule has 2 N–H and O–H groups in total. The molecular weight excluding hydrogens is 206 g/mol. The Hall–Kier alpha value is -2.07. The molecule has 0 unspecified atom stereocenters. The molecule has 0 aliphatic heterocycles. The lowest BCUT2D eigenvalue weighted by Crippen LogP contribution is -2.11. The van der Waals surface area contributed by atoms with Crippen molar-refractivity contribution in [3.05, 3.63) is 52.8 Å². The number of rotatable bonds is 3. The highest BCUT2D eigenvalue weighted by atomic mass is 16.6. The van der Waals surface area contributed by atoms with Gasteiger partial charge in [0.25, 0.3) is 5.56 Å². The van der Waals surface area contributed by atoms with E-state index in [9.17, 15) is 4.79 Å². The predicted octanol–water partition coefficient (Wildman–Crippen LogP) is 1.37. The molecule has 16 heavy (non-hydrogen) atoms. The minimum atomic E-state index is -0.506. The molecule has 2 rings (SSSR count). The van der Waals surface area contributed by atoms with Crippen LogP contribution in [0.1, 0.15) is 0 Å². The van der Waals surface area contributed by atoms with Crippen molar-refractivity contribution in [1.29, 1.82) is 0 Å². The number of hydrogen-bond acceptors (Lipinski definition) is 3. The first kappa shape index (κ1) is 10.4. The third-order valence-corrected chi connectivity index (χ3v) is 2.18. The number of pyridine rings is 1. The van der Waals surface area contributed by atoms with Crippen LogP contribution in [0.15, 0.2) is 47.3 Å². The number of ether oxygens (including phenoxy) is 1. The summed E-state index contributed by atoms with van der Waals surface area (Å²) in [4.78, 5) is 14.2. The van der Waals surface area contributed by atoms with Gasteiger partial charge in [-0.05, 0) is 17.7 Å². The summed E-state index contributed by atoms with van der Waals surface area (Å²) in [5.41, 5.74) is 1.29. The monoisotopic (exact) mass is 217 g/mol. The first-order chi connectivity index (χ1) is 7.81. The molecule has 1 heterocycles. The number of nitrogens with one attached hydrogen (secondary N) is 1. The summed E-state index contributed by atoms with van der Waals surface area (Å²) in [7, 11) is 0. The van der Waals surface area contributed by atoms with E-state index >= 15 is 0 Å². The molecule has 1 aromatic carbocycles. The molecule has 82 valence electrons. The van der Waals surface area contributed by atoms with E-state index in [2.05, 4.69) is 4.98 Å². The van der Waals surface area contributed by atoms with E-state index in [1.54, 1.807) is 6.07 Å². The zero-order valence-corrected chi connectivity index (χ0v) is 8.51. The second-order valence-corrected chi connectivity index (χ2v) is 3.20. The SMILES string of the molecule is O=c1[nH]c(-c2ccccc2)ccc1OCO. The molecule has 0 saturated carbocycles. The Morgan fingerprint density at radius 3 is 2.50 bits per heavy atom. The maximum atomic E-state index is 11.5. The molecule has 0 aliphatic rings. The van der Waals surface area contributed by atoms with Gasteiger partial charge in [-0.2, -0.15) is 0 Å². The van der Waals surface area contributed by atoms with E-state index in [1.165, 1.54) is 6.07 Å². The van der Waals surface area contributed by atoms with E-state index in [1.807, 2.05) is 30.3 Å². The summed E-state index contributed by atoms with van der Waals surface area (Å²) < 4.78 is 4.74. The van der Waals surface area contributed by atoms with Gasteiger partial charge in [0, 0.05) is 5.69 Å². The minimum Gasteiger partial charge on any atom is -0.462 e. The van der Waals surface area contributed by atoms with E-state index in [4.69, 9.17) is 9.84 Å². The van der Waals surface area contributed by atoms with Crippen molar-refractivity contribution in [2.45, 2.75) is 0 Å². The third kappa shape index (κ3) is 2.12. The van der Waals surface area contributed by atoms with Gasteiger partial charge in [0.1, 0.15) is 0 Å². The van der Waals surface area contributed by atoms with Crippen LogP contribution in [0.4, 0.5) is 0 Å². The third-order valence-electron chi connectivity index (χ3n) is 2.18. The Kier molecular flexibility index (Phi) is 3.03. The van der Waals surface area contributed by atoms with Crippen LogP contribution in [0, 0.1) is 0 Å². The van der Waals surface area contributed by atoms with Crippen LogP contribution in [0.5, 0.6) is 5.75 Å². The summed E-state index contributed by atoms with van der Waals surface area (Å²) in [5, 5.41) is 8.56. The number of aromatic amines is 1. The van der Waals surface area contributed by atoms with Gasteiger partial charge in [-0.3, -0.25) is 4.79 Å². The van der Waals surface area contributed by atoms with Crippen LogP contribution in [-0.2, 0) is 0 Å². The highest BCUT2D eigenvalue weighted by Gasteiger charge is 2.02. The van der Waals surface area contributed by atoms with Gasteiger partial charge in [0.2, 0.25) is 0 Å². The molecule has 2 aromatic rings. The number of aromatic nitrogens is 1. The molecule has 0 aliphatic carbocycles. The van der Waals surface area contributed by atoms with Crippen LogP contribution in [0.2, 0.25) is 0 Å². The first-order valence-electron chi connectivity index (χ1n) is 4.83. The molecule has 0 bridgehead atoms. The smallest absolute Gasteiger partial charge is 0.290 e. The van der Waals surface area contributed by atoms with Crippen molar-refractivity contribution >= 4 is 0 Å². The Labute approximate surface area is 92.1 Å². The van der Waals surface area contributed by atoms with Crippen molar-refractivity contribution in [2.75, 3.05) is 6.79 Å². The van der Waals surface area contributed by atoms with E-state index in [-0.39, 0.29) is 11.3 Å². The Bertz CT molecular complexity index is 519. The predicted molar refractivity (Wildman–Crippen MR) is 60.2 cm³/mol.